The molecule has 0 aromatic carbocycles. The van der Waals surface area contributed by atoms with Crippen LogP contribution < -0.4 is 5.32 Å². The highest BCUT2D eigenvalue weighted by molar-refractivity contribution is 7.99. The topological polar surface area (TPSA) is 48.3 Å². The lowest BCUT2D eigenvalue weighted by Gasteiger charge is -2.07. The molecular weight excluding hydrogens is 250 g/mol. The lowest BCUT2D eigenvalue weighted by atomic mass is 10.2. The monoisotopic (exact) mass is 273 g/mol. The van der Waals surface area contributed by atoms with Gasteiger partial charge in [-0.05, 0) is 6.92 Å². The predicted molar refractivity (Wildman–Crippen MR) is 74.1 cm³/mol. The zero-order valence-corrected chi connectivity index (χ0v) is 12.5. The van der Waals surface area contributed by atoms with E-state index < -0.39 is 0 Å². The summed E-state index contributed by atoms with van der Waals surface area (Å²) in [5.74, 6) is 0.945. The van der Waals surface area contributed by atoms with Gasteiger partial charge in [0.25, 0.3) is 0 Å². The van der Waals surface area contributed by atoms with Gasteiger partial charge in [0.15, 0.2) is 0 Å². The molecule has 1 aromatic rings. The molecular formula is C12H23N3O2S. The van der Waals surface area contributed by atoms with E-state index in [2.05, 4.69) is 10.4 Å². The van der Waals surface area contributed by atoms with Crippen molar-refractivity contribution < 1.29 is 9.47 Å². The van der Waals surface area contributed by atoms with Crippen LogP contribution in [0.2, 0.25) is 0 Å². The van der Waals surface area contributed by atoms with Crippen molar-refractivity contribution in [2.24, 2.45) is 7.05 Å². The molecule has 104 valence electrons. The molecule has 0 aliphatic rings. The smallest absolute Gasteiger partial charge is 0.0985 e. The van der Waals surface area contributed by atoms with E-state index in [1.165, 1.54) is 10.6 Å². The van der Waals surface area contributed by atoms with E-state index in [-0.39, 0.29) is 0 Å². The minimum atomic E-state index is 0.728. The van der Waals surface area contributed by atoms with Gasteiger partial charge in [-0.3, -0.25) is 4.68 Å². The quantitative estimate of drug-likeness (QED) is 0.541. The van der Waals surface area contributed by atoms with Crippen molar-refractivity contribution in [2.45, 2.75) is 18.5 Å². The first-order valence-electron chi connectivity index (χ1n) is 6.04. The van der Waals surface area contributed by atoms with E-state index in [1.54, 1.807) is 26.0 Å². The number of methoxy groups -OCH3 is 2. The van der Waals surface area contributed by atoms with Crippen molar-refractivity contribution in [3.05, 3.63) is 11.3 Å². The Bertz CT molecular complexity index is 355. The van der Waals surface area contributed by atoms with E-state index in [0.29, 0.717) is 0 Å². The second kappa shape index (κ2) is 8.53. The van der Waals surface area contributed by atoms with Gasteiger partial charge >= 0.3 is 0 Å². The van der Waals surface area contributed by atoms with Crippen LogP contribution in [0.15, 0.2) is 5.03 Å². The van der Waals surface area contributed by atoms with E-state index in [1.807, 2.05) is 18.7 Å². The van der Waals surface area contributed by atoms with Crippen molar-refractivity contribution in [2.75, 3.05) is 39.7 Å². The summed E-state index contributed by atoms with van der Waals surface area (Å²) in [5, 5.41) is 9.05. The fourth-order valence-corrected chi connectivity index (χ4v) is 2.74. The molecule has 0 amide bonds. The molecule has 0 fully saturated rings. The third-order valence-electron chi connectivity index (χ3n) is 2.60. The molecule has 0 aliphatic heterocycles. The first-order valence-corrected chi connectivity index (χ1v) is 7.03. The van der Waals surface area contributed by atoms with Gasteiger partial charge in [0.05, 0.1) is 23.9 Å². The zero-order valence-electron chi connectivity index (χ0n) is 11.7. The Morgan fingerprint density at radius 1 is 1.28 bits per heavy atom. The average Bonchev–Trinajstić information content (AvgIpc) is 2.61. The van der Waals surface area contributed by atoms with Gasteiger partial charge < -0.3 is 14.8 Å². The van der Waals surface area contributed by atoms with E-state index in [0.717, 1.165) is 37.8 Å². The van der Waals surface area contributed by atoms with Gasteiger partial charge in [-0.2, -0.15) is 5.10 Å². The maximum absolute atomic E-state index is 5.08. The van der Waals surface area contributed by atoms with Gasteiger partial charge in [0.2, 0.25) is 0 Å². The van der Waals surface area contributed by atoms with Crippen LogP contribution >= 0.6 is 11.8 Å². The van der Waals surface area contributed by atoms with Crippen LogP contribution in [0.5, 0.6) is 0 Å². The number of ether oxygens (including phenoxy) is 2. The van der Waals surface area contributed by atoms with Crippen molar-refractivity contribution in [3.63, 3.8) is 0 Å². The Balaban J connectivity index is 2.57. The van der Waals surface area contributed by atoms with Gasteiger partial charge in [-0.1, -0.05) is 0 Å². The van der Waals surface area contributed by atoms with Gasteiger partial charge in [-0.15, -0.1) is 11.8 Å². The van der Waals surface area contributed by atoms with Crippen LogP contribution in [0.4, 0.5) is 0 Å². The summed E-state index contributed by atoms with van der Waals surface area (Å²) >= 11 is 1.79. The van der Waals surface area contributed by atoms with E-state index in [4.69, 9.17) is 9.47 Å². The zero-order chi connectivity index (χ0) is 13.4. The molecule has 0 unspecified atom stereocenters. The second-order valence-electron chi connectivity index (χ2n) is 4.00. The molecule has 1 aromatic heterocycles. The van der Waals surface area contributed by atoms with Crippen molar-refractivity contribution in [3.8, 4) is 0 Å². The summed E-state index contributed by atoms with van der Waals surface area (Å²) in [6, 6.07) is 0. The number of nitrogens with zero attached hydrogens (tertiary/aromatic N) is 2. The first-order chi connectivity index (χ1) is 8.70. The SMILES string of the molecule is COCCNCc1c(C)nn(C)c1SCCOC. The van der Waals surface area contributed by atoms with Crippen LogP contribution in [-0.2, 0) is 23.1 Å². The molecule has 0 radical (unpaired) electrons. The molecule has 1 rings (SSSR count). The minimum absolute atomic E-state index is 0.728. The van der Waals surface area contributed by atoms with Gasteiger partial charge in [0, 0.05) is 45.7 Å². The highest BCUT2D eigenvalue weighted by Crippen LogP contribution is 2.24. The van der Waals surface area contributed by atoms with Gasteiger partial charge in [0.1, 0.15) is 0 Å². The maximum Gasteiger partial charge on any atom is 0.0985 e. The summed E-state index contributed by atoms with van der Waals surface area (Å²) in [7, 11) is 5.42. The normalized spacial score (nSPS) is 11.1. The molecule has 5 nitrogen and oxygen atoms in total. The Kier molecular flexibility index (Phi) is 7.34. The van der Waals surface area contributed by atoms with Crippen molar-refractivity contribution in [1.29, 1.82) is 0 Å². The lowest BCUT2D eigenvalue weighted by Crippen LogP contribution is -2.19. The third-order valence-corrected chi connectivity index (χ3v) is 3.75. The highest BCUT2D eigenvalue weighted by atomic mass is 32.2. The maximum atomic E-state index is 5.08. The Labute approximate surface area is 113 Å². The van der Waals surface area contributed by atoms with E-state index >= 15 is 0 Å². The van der Waals surface area contributed by atoms with Gasteiger partial charge in [-0.25, -0.2) is 0 Å². The van der Waals surface area contributed by atoms with Crippen LogP contribution in [0.1, 0.15) is 11.3 Å². The molecule has 0 aliphatic carbocycles. The summed E-state index contributed by atoms with van der Waals surface area (Å²) in [6.45, 7) is 5.22. The third kappa shape index (κ3) is 4.61. The number of aromatic nitrogens is 2. The first kappa shape index (κ1) is 15.5. The minimum Gasteiger partial charge on any atom is -0.384 e. The van der Waals surface area contributed by atoms with Crippen LogP contribution in [0, 0.1) is 6.92 Å². The van der Waals surface area contributed by atoms with Crippen LogP contribution in [0.3, 0.4) is 0 Å². The largest absolute Gasteiger partial charge is 0.384 e. The number of rotatable bonds is 9. The molecule has 0 bridgehead atoms. The Morgan fingerprint density at radius 3 is 2.67 bits per heavy atom. The molecule has 6 heteroatoms. The molecule has 18 heavy (non-hydrogen) atoms. The molecule has 0 spiro atoms. The van der Waals surface area contributed by atoms with E-state index in [9.17, 15) is 0 Å². The summed E-state index contributed by atoms with van der Waals surface area (Å²) in [4.78, 5) is 0. The lowest BCUT2D eigenvalue weighted by molar-refractivity contribution is 0.199. The molecule has 1 heterocycles. The summed E-state index contributed by atoms with van der Waals surface area (Å²) < 4.78 is 12.0. The van der Waals surface area contributed by atoms with Crippen molar-refractivity contribution >= 4 is 11.8 Å². The highest BCUT2D eigenvalue weighted by Gasteiger charge is 2.12. The number of thioether (sulfide) groups is 1. The molecule has 1 N–H and O–H groups in total. The molecule has 0 atom stereocenters. The number of nitrogens with one attached hydrogen (secondary N) is 1. The standard InChI is InChI=1S/C12H23N3O2S/c1-10-11(9-13-5-6-16-3)12(15(2)14-10)18-8-7-17-4/h13H,5-9H2,1-4H3. The number of hydrogen-bond donors (Lipinski definition) is 1. The fraction of sp³-hybridized carbons (Fsp3) is 0.750. The fourth-order valence-electron chi connectivity index (χ4n) is 1.67. The Morgan fingerprint density at radius 2 is 2.00 bits per heavy atom. The van der Waals surface area contributed by atoms with Crippen molar-refractivity contribution in [1.82, 2.24) is 15.1 Å². The molecule has 0 saturated heterocycles. The second-order valence-corrected chi connectivity index (χ2v) is 5.09. The van der Waals surface area contributed by atoms with Crippen LogP contribution in [0.25, 0.3) is 0 Å². The predicted octanol–water partition coefficient (Wildman–Crippen LogP) is 1.20. The molecule has 0 saturated carbocycles. The van der Waals surface area contributed by atoms with Crippen LogP contribution in [-0.4, -0.2) is 49.5 Å². The average molecular weight is 273 g/mol. The summed E-state index contributed by atoms with van der Waals surface area (Å²) in [5.41, 5.74) is 2.36. The number of aryl methyl sites for hydroxylation is 2. The number of hydrogen-bond acceptors (Lipinski definition) is 5. The summed E-state index contributed by atoms with van der Waals surface area (Å²) in [6.07, 6.45) is 0. The Hall–Kier alpha value is -0.560.